The highest BCUT2D eigenvalue weighted by Crippen LogP contribution is 2.65. The molecule has 1 saturated carbocycles. The largest absolute Gasteiger partial charge is 0.508 e. The Bertz CT molecular complexity index is 1780. The first-order chi connectivity index (χ1) is 21.5. The molecule has 6 atom stereocenters. The fourth-order valence-corrected chi connectivity index (χ4v) is 8.56. The van der Waals surface area contributed by atoms with Gasteiger partial charge in [-0.15, -0.1) is 23.2 Å². The van der Waals surface area contributed by atoms with Crippen LogP contribution in [0.15, 0.2) is 84.4 Å². The molecule has 0 aromatic heterocycles. The van der Waals surface area contributed by atoms with Crippen LogP contribution in [0.5, 0.6) is 11.5 Å². The zero-order chi connectivity index (χ0) is 31.8. The predicted molar refractivity (Wildman–Crippen MR) is 163 cm³/mol. The first-order valence-electron chi connectivity index (χ1n) is 14.6. The number of anilines is 1. The molecular weight excluding hydrogens is 622 g/mol. The van der Waals surface area contributed by atoms with Crippen LogP contribution in [-0.2, 0) is 25.6 Å². The number of nitrogens with zero attached hydrogens (tertiary/aromatic N) is 2. The minimum Gasteiger partial charge on any atom is -0.508 e. The van der Waals surface area contributed by atoms with Crippen molar-refractivity contribution in [1.29, 1.82) is 0 Å². The smallest absolute Gasteiger partial charge is 0.258 e. The molecule has 0 spiro atoms. The molecule has 230 valence electrons. The Kier molecular flexibility index (Phi) is 6.83. The van der Waals surface area contributed by atoms with Crippen molar-refractivity contribution in [2.75, 3.05) is 11.4 Å². The number of hydrogen-bond acceptors (Lipinski definition) is 6. The summed E-state index contributed by atoms with van der Waals surface area (Å²) in [7, 11) is 0. The summed E-state index contributed by atoms with van der Waals surface area (Å²) in [5.41, 5.74) is 2.09. The molecule has 3 aromatic carbocycles. The summed E-state index contributed by atoms with van der Waals surface area (Å²) < 4.78 is 13.8. The number of phenolic OH excluding ortho intramolecular Hbond substituents is 2. The van der Waals surface area contributed by atoms with Crippen molar-refractivity contribution >= 4 is 52.5 Å². The second-order valence-electron chi connectivity index (χ2n) is 12.1. The van der Waals surface area contributed by atoms with Crippen LogP contribution in [0.4, 0.5) is 10.1 Å². The average molecular weight is 650 g/mol. The minimum absolute atomic E-state index is 0.0212. The Balaban J connectivity index is 1.30. The highest BCUT2D eigenvalue weighted by molar-refractivity contribution is 6.58. The molecule has 3 aromatic rings. The highest BCUT2D eigenvalue weighted by Gasteiger charge is 2.76. The Hall–Kier alpha value is -4.21. The number of allylic oxidation sites excluding steroid dienone is 2. The molecule has 2 aliphatic heterocycles. The van der Waals surface area contributed by atoms with E-state index in [9.17, 15) is 33.8 Å². The van der Waals surface area contributed by atoms with Crippen LogP contribution in [0.2, 0.25) is 0 Å². The number of amides is 4. The quantitative estimate of drug-likeness (QED) is 0.228. The summed E-state index contributed by atoms with van der Waals surface area (Å²) >= 11 is 14.6. The summed E-state index contributed by atoms with van der Waals surface area (Å²) in [5.74, 6) is -5.88. The van der Waals surface area contributed by atoms with Gasteiger partial charge in [0.25, 0.3) is 11.8 Å². The number of phenols is 2. The molecule has 7 rings (SSSR count). The van der Waals surface area contributed by atoms with Gasteiger partial charge in [0.2, 0.25) is 11.8 Å². The first-order valence-corrected chi connectivity index (χ1v) is 15.4. The lowest BCUT2D eigenvalue weighted by Crippen LogP contribution is -2.60. The van der Waals surface area contributed by atoms with Crippen molar-refractivity contribution in [2.24, 2.45) is 17.8 Å². The van der Waals surface area contributed by atoms with Crippen LogP contribution in [0.3, 0.4) is 0 Å². The Morgan fingerprint density at radius 2 is 1.42 bits per heavy atom. The standard InChI is InChI=1S/C34H27Cl2FN2O6/c35-33-17-26-24(13-14-25-27(26)30(43)38(29(25)42)16-15-18-1-9-22(40)10-2-18)28(19-3-11-23(41)12-4-19)34(33,36)32(45)39(31(33)44)21-7-5-20(37)6-8-21/h1-13,25-28,40-41H,14-17H2. The van der Waals surface area contributed by atoms with Gasteiger partial charge in [-0.25, -0.2) is 9.29 Å². The SMILES string of the molecule is O=C1C2CC=C3C(CC4(Cl)C(=O)N(c5ccc(F)cc5)C(=O)C4(Cl)C3c3ccc(O)cc3)C2C(=O)N1CCc1ccc(O)cc1. The number of fused-ring (bicyclic) bond motifs is 4. The second-order valence-corrected chi connectivity index (χ2v) is 13.3. The zero-order valence-electron chi connectivity index (χ0n) is 23.7. The van der Waals surface area contributed by atoms with Gasteiger partial charge in [0.15, 0.2) is 9.75 Å². The van der Waals surface area contributed by atoms with Gasteiger partial charge in [0.05, 0.1) is 17.5 Å². The maximum Gasteiger partial charge on any atom is 0.258 e. The third kappa shape index (κ3) is 4.24. The summed E-state index contributed by atoms with van der Waals surface area (Å²) in [6.45, 7) is 0.139. The van der Waals surface area contributed by atoms with Gasteiger partial charge in [-0.05, 0) is 84.8 Å². The van der Waals surface area contributed by atoms with Gasteiger partial charge in [-0.2, -0.15) is 0 Å². The number of carbonyl (C=O) groups is 4. The molecule has 3 fully saturated rings. The molecule has 2 heterocycles. The molecule has 0 radical (unpaired) electrons. The topological polar surface area (TPSA) is 115 Å². The Labute approximate surface area is 267 Å². The van der Waals surface area contributed by atoms with E-state index in [0.29, 0.717) is 17.6 Å². The molecule has 0 bridgehead atoms. The van der Waals surface area contributed by atoms with Crippen LogP contribution in [0, 0.1) is 23.6 Å². The first kappa shape index (κ1) is 29.5. The molecule has 4 amide bonds. The van der Waals surface area contributed by atoms with Crippen molar-refractivity contribution < 1.29 is 33.8 Å². The third-order valence-electron chi connectivity index (χ3n) is 9.77. The van der Waals surface area contributed by atoms with Gasteiger partial charge in [0.1, 0.15) is 17.3 Å². The van der Waals surface area contributed by atoms with Crippen molar-refractivity contribution in [3.05, 3.63) is 101 Å². The fraction of sp³-hybridized carbons (Fsp3) is 0.294. The van der Waals surface area contributed by atoms with E-state index in [1.54, 1.807) is 24.3 Å². The number of hydrogen-bond donors (Lipinski definition) is 2. The summed E-state index contributed by atoms with van der Waals surface area (Å²) in [6.07, 6.45) is 2.29. The number of halogens is 3. The van der Waals surface area contributed by atoms with E-state index in [0.717, 1.165) is 22.6 Å². The number of likely N-dealkylation sites (tertiary alicyclic amines) is 1. The molecule has 4 aliphatic rings. The number of alkyl halides is 2. The van der Waals surface area contributed by atoms with Gasteiger partial charge in [0, 0.05) is 12.5 Å². The highest BCUT2D eigenvalue weighted by atomic mass is 35.5. The van der Waals surface area contributed by atoms with E-state index >= 15 is 0 Å². The van der Waals surface area contributed by atoms with E-state index in [4.69, 9.17) is 23.2 Å². The number of carbonyl (C=O) groups excluding carboxylic acids is 4. The number of benzene rings is 3. The molecule has 2 N–H and O–H groups in total. The van der Waals surface area contributed by atoms with E-state index in [1.165, 1.54) is 41.3 Å². The number of aromatic hydroxyl groups is 2. The molecule has 2 aliphatic carbocycles. The molecule has 2 saturated heterocycles. The molecular formula is C34H27Cl2FN2O6. The Morgan fingerprint density at radius 1 is 0.800 bits per heavy atom. The van der Waals surface area contributed by atoms with Crippen molar-refractivity contribution in [3.8, 4) is 11.5 Å². The zero-order valence-corrected chi connectivity index (χ0v) is 25.2. The fourth-order valence-electron chi connectivity index (χ4n) is 7.63. The van der Waals surface area contributed by atoms with Crippen LogP contribution < -0.4 is 4.90 Å². The van der Waals surface area contributed by atoms with E-state index < -0.39 is 51.1 Å². The molecule has 6 unspecified atom stereocenters. The summed E-state index contributed by atoms with van der Waals surface area (Å²) in [5, 5.41) is 19.6. The predicted octanol–water partition coefficient (Wildman–Crippen LogP) is 5.04. The normalized spacial score (nSPS) is 30.7. The third-order valence-corrected chi connectivity index (χ3v) is 11.2. The monoisotopic (exact) mass is 648 g/mol. The average Bonchev–Trinajstić information content (AvgIpc) is 3.35. The lowest BCUT2D eigenvalue weighted by molar-refractivity contribution is -0.140. The molecule has 11 heteroatoms. The molecule has 8 nitrogen and oxygen atoms in total. The van der Waals surface area contributed by atoms with Gasteiger partial charge in [-0.3, -0.25) is 24.1 Å². The lowest BCUT2D eigenvalue weighted by atomic mass is 9.56. The van der Waals surface area contributed by atoms with Crippen LogP contribution in [0.1, 0.15) is 29.9 Å². The van der Waals surface area contributed by atoms with E-state index in [2.05, 4.69) is 0 Å². The van der Waals surface area contributed by atoms with Crippen LogP contribution >= 0.6 is 23.2 Å². The summed E-state index contributed by atoms with van der Waals surface area (Å²) in [6, 6.07) is 17.5. The van der Waals surface area contributed by atoms with E-state index in [1.807, 2.05) is 6.08 Å². The lowest BCUT2D eigenvalue weighted by Gasteiger charge is -2.50. The molecule has 45 heavy (non-hydrogen) atoms. The van der Waals surface area contributed by atoms with Gasteiger partial charge < -0.3 is 10.2 Å². The van der Waals surface area contributed by atoms with Gasteiger partial charge in [-0.1, -0.05) is 35.9 Å². The van der Waals surface area contributed by atoms with Crippen molar-refractivity contribution in [3.63, 3.8) is 0 Å². The second kappa shape index (κ2) is 10.4. The maximum atomic E-state index is 14.3. The van der Waals surface area contributed by atoms with E-state index in [-0.39, 0.29) is 48.4 Å². The van der Waals surface area contributed by atoms with Crippen molar-refractivity contribution in [2.45, 2.75) is 34.9 Å². The Morgan fingerprint density at radius 3 is 2.07 bits per heavy atom. The van der Waals surface area contributed by atoms with Crippen molar-refractivity contribution in [1.82, 2.24) is 4.90 Å². The van der Waals surface area contributed by atoms with Crippen LogP contribution in [-0.4, -0.2) is 55.0 Å². The minimum atomic E-state index is -2.03. The van der Waals surface area contributed by atoms with Gasteiger partial charge >= 0.3 is 0 Å². The van der Waals surface area contributed by atoms with Crippen LogP contribution in [0.25, 0.3) is 0 Å². The summed E-state index contributed by atoms with van der Waals surface area (Å²) in [4.78, 5) is 54.3. The number of imide groups is 2. The number of rotatable bonds is 5. The maximum absolute atomic E-state index is 14.3.